The van der Waals surface area contributed by atoms with Crippen LogP contribution in [0.5, 0.6) is 0 Å². The van der Waals surface area contributed by atoms with E-state index in [4.69, 9.17) is 33.7 Å². The molecule has 116 valence electrons. The first-order valence-electron chi connectivity index (χ1n) is 7.13. The minimum absolute atomic E-state index is 0.0894. The van der Waals surface area contributed by atoms with E-state index in [9.17, 15) is 4.79 Å². The van der Waals surface area contributed by atoms with Gasteiger partial charge in [-0.15, -0.1) is 0 Å². The molecule has 2 N–H and O–H groups in total. The van der Waals surface area contributed by atoms with Crippen LogP contribution in [0, 0.1) is 11.3 Å². The smallest absolute Gasteiger partial charge is 0.340 e. The predicted octanol–water partition coefficient (Wildman–Crippen LogP) is 4.95. The molecule has 0 aromatic heterocycles. The summed E-state index contributed by atoms with van der Waals surface area (Å²) in [5.74, 6) is 0.0821. The van der Waals surface area contributed by atoms with Crippen molar-refractivity contribution >= 4 is 34.9 Å². The molecule has 0 radical (unpaired) electrons. The van der Waals surface area contributed by atoms with Gasteiger partial charge in [-0.2, -0.15) is 0 Å². The summed E-state index contributed by atoms with van der Waals surface area (Å²) < 4.78 is 5.64. The summed E-state index contributed by atoms with van der Waals surface area (Å²) in [4.78, 5) is 12.3. The quantitative estimate of drug-likeness (QED) is 0.617. The molecular weight excluding hydrogens is 309 g/mol. The number of anilines is 1. The Morgan fingerprint density at radius 2 is 2.00 bits per heavy atom. The number of hydrogen-bond acceptors (Lipinski definition) is 3. The summed E-state index contributed by atoms with van der Waals surface area (Å²) in [7, 11) is 0. The monoisotopic (exact) mass is 329 g/mol. The van der Waals surface area contributed by atoms with Crippen molar-refractivity contribution in [3.05, 3.63) is 27.7 Å². The first-order chi connectivity index (χ1) is 9.68. The van der Waals surface area contributed by atoms with Gasteiger partial charge in [-0.3, -0.25) is 0 Å². The molecule has 1 fully saturated rings. The lowest BCUT2D eigenvalue weighted by atomic mass is 9.71. The minimum atomic E-state index is -0.452. The lowest BCUT2D eigenvalue weighted by Gasteiger charge is -2.38. The molecule has 2 rings (SSSR count). The van der Waals surface area contributed by atoms with E-state index in [2.05, 4.69) is 20.8 Å². The van der Waals surface area contributed by atoms with Crippen LogP contribution in [0.1, 0.15) is 50.4 Å². The van der Waals surface area contributed by atoms with Crippen molar-refractivity contribution in [2.24, 2.45) is 11.3 Å². The molecule has 5 heteroatoms. The fraction of sp³-hybridized carbons (Fsp3) is 0.562. The number of esters is 1. The molecule has 1 aliphatic rings. The Balaban J connectivity index is 2.15. The van der Waals surface area contributed by atoms with Gasteiger partial charge in [0.25, 0.3) is 0 Å². The number of carbonyl (C=O) groups is 1. The second-order valence-electron chi connectivity index (χ2n) is 6.79. The second kappa shape index (κ2) is 6.05. The van der Waals surface area contributed by atoms with Crippen molar-refractivity contribution in [1.29, 1.82) is 0 Å². The van der Waals surface area contributed by atoms with Crippen LogP contribution in [0.2, 0.25) is 10.0 Å². The highest BCUT2D eigenvalue weighted by Gasteiger charge is 2.34. The number of halogens is 2. The average molecular weight is 330 g/mol. The van der Waals surface area contributed by atoms with E-state index in [-0.39, 0.29) is 27.8 Å². The van der Waals surface area contributed by atoms with Crippen molar-refractivity contribution in [1.82, 2.24) is 0 Å². The highest BCUT2D eigenvalue weighted by atomic mass is 35.5. The van der Waals surface area contributed by atoms with Gasteiger partial charge in [0.15, 0.2) is 0 Å². The molecule has 0 heterocycles. The molecule has 1 saturated carbocycles. The highest BCUT2D eigenvalue weighted by molar-refractivity contribution is 6.37. The molecule has 0 amide bonds. The van der Waals surface area contributed by atoms with Crippen LogP contribution in [0.15, 0.2) is 12.1 Å². The van der Waals surface area contributed by atoms with Gasteiger partial charge in [-0.1, -0.05) is 44.0 Å². The summed E-state index contributed by atoms with van der Waals surface area (Å²) >= 11 is 11.9. The Morgan fingerprint density at radius 3 is 2.62 bits per heavy atom. The van der Waals surface area contributed by atoms with Crippen LogP contribution in [0.25, 0.3) is 0 Å². The third kappa shape index (κ3) is 4.04. The number of ether oxygens (including phenoxy) is 1. The zero-order valence-corrected chi connectivity index (χ0v) is 14.1. The molecule has 0 aliphatic heterocycles. The Morgan fingerprint density at radius 1 is 1.33 bits per heavy atom. The van der Waals surface area contributed by atoms with Gasteiger partial charge in [-0.05, 0) is 42.7 Å². The van der Waals surface area contributed by atoms with Crippen LogP contribution in [-0.2, 0) is 4.74 Å². The molecule has 1 aliphatic carbocycles. The van der Waals surface area contributed by atoms with Crippen molar-refractivity contribution in [3.8, 4) is 0 Å². The SMILES string of the molecule is CC1CC(OC(=O)c2cc(Cl)cc(Cl)c2N)CC(C)(C)C1. The van der Waals surface area contributed by atoms with E-state index in [0.29, 0.717) is 10.9 Å². The Kier molecular flexibility index (Phi) is 4.74. The summed E-state index contributed by atoms with van der Waals surface area (Å²) in [6.07, 6.45) is 2.79. The van der Waals surface area contributed by atoms with Crippen LogP contribution >= 0.6 is 23.2 Å². The van der Waals surface area contributed by atoms with Gasteiger partial charge in [0.05, 0.1) is 16.3 Å². The molecular formula is C16H21Cl2NO2. The number of rotatable bonds is 2. The van der Waals surface area contributed by atoms with E-state index in [0.717, 1.165) is 19.3 Å². The van der Waals surface area contributed by atoms with Gasteiger partial charge < -0.3 is 10.5 Å². The van der Waals surface area contributed by atoms with E-state index < -0.39 is 5.97 Å². The van der Waals surface area contributed by atoms with E-state index in [1.54, 1.807) is 0 Å². The number of carbonyl (C=O) groups excluding carboxylic acids is 1. The number of benzene rings is 1. The lowest BCUT2D eigenvalue weighted by molar-refractivity contribution is -0.00704. The second-order valence-corrected chi connectivity index (χ2v) is 7.63. The summed E-state index contributed by atoms with van der Waals surface area (Å²) in [6.45, 7) is 6.59. The van der Waals surface area contributed by atoms with Crippen LogP contribution in [-0.4, -0.2) is 12.1 Å². The molecule has 0 bridgehead atoms. The van der Waals surface area contributed by atoms with Crippen LogP contribution in [0.4, 0.5) is 5.69 Å². The van der Waals surface area contributed by atoms with E-state index >= 15 is 0 Å². The number of hydrogen-bond donors (Lipinski definition) is 1. The lowest BCUT2D eigenvalue weighted by Crippen LogP contribution is -2.34. The zero-order chi connectivity index (χ0) is 15.8. The first kappa shape index (κ1) is 16.4. The largest absolute Gasteiger partial charge is 0.459 e. The Labute approximate surface area is 135 Å². The van der Waals surface area contributed by atoms with Gasteiger partial charge in [0.1, 0.15) is 6.10 Å². The minimum Gasteiger partial charge on any atom is -0.459 e. The van der Waals surface area contributed by atoms with Crippen molar-refractivity contribution < 1.29 is 9.53 Å². The van der Waals surface area contributed by atoms with Crippen molar-refractivity contribution in [2.75, 3.05) is 5.73 Å². The molecule has 2 atom stereocenters. The Bertz CT molecular complexity index is 557. The fourth-order valence-corrected chi connectivity index (χ4v) is 3.81. The van der Waals surface area contributed by atoms with Gasteiger partial charge in [-0.25, -0.2) is 4.79 Å². The van der Waals surface area contributed by atoms with Crippen molar-refractivity contribution in [2.45, 2.75) is 46.1 Å². The molecule has 3 nitrogen and oxygen atoms in total. The maximum atomic E-state index is 12.3. The molecule has 0 saturated heterocycles. The normalized spacial score (nSPS) is 24.6. The van der Waals surface area contributed by atoms with Crippen molar-refractivity contribution in [3.63, 3.8) is 0 Å². The Hall–Kier alpha value is -0.930. The summed E-state index contributed by atoms with van der Waals surface area (Å²) in [5, 5.41) is 0.644. The summed E-state index contributed by atoms with van der Waals surface area (Å²) in [6, 6.07) is 3.02. The third-order valence-corrected chi connectivity index (χ3v) is 4.47. The first-order valence-corrected chi connectivity index (χ1v) is 7.89. The predicted molar refractivity (Wildman–Crippen MR) is 86.9 cm³/mol. The standard InChI is InChI=1S/C16H21Cl2NO2/c1-9-4-11(8-16(2,3)7-9)21-15(20)12-5-10(17)6-13(18)14(12)19/h5-6,9,11H,4,7-8,19H2,1-3H3. The molecule has 0 spiro atoms. The van der Waals surface area contributed by atoms with Gasteiger partial charge in [0.2, 0.25) is 0 Å². The molecule has 1 aromatic carbocycles. The van der Waals surface area contributed by atoms with Gasteiger partial charge in [0, 0.05) is 5.02 Å². The average Bonchev–Trinajstić information content (AvgIpc) is 2.30. The number of nitrogens with two attached hydrogens (primary N) is 1. The molecule has 21 heavy (non-hydrogen) atoms. The van der Waals surface area contributed by atoms with E-state index in [1.165, 1.54) is 12.1 Å². The maximum absolute atomic E-state index is 12.3. The molecule has 2 unspecified atom stereocenters. The highest BCUT2D eigenvalue weighted by Crippen LogP contribution is 2.40. The number of nitrogen functional groups attached to an aromatic ring is 1. The zero-order valence-electron chi connectivity index (χ0n) is 12.6. The fourth-order valence-electron chi connectivity index (χ4n) is 3.32. The summed E-state index contributed by atoms with van der Waals surface area (Å²) in [5.41, 5.74) is 6.48. The van der Waals surface area contributed by atoms with Crippen LogP contribution in [0.3, 0.4) is 0 Å². The topological polar surface area (TPSA) is 52.3 Å². The molecule has 1 aromatic rings. The van der Waals surface area contributed by atoms with Gasteiger partial charge >= 0.3 is 5.97 Å². The van der Waals surface area contributed by atoms with Crippen LogP contribution < -0.4 is 5.73 Å². The van der Waals surface area contributed by atoms with E-state index in [1.807, 2.05) is 0 Å². The third-order valence-electron chi connectivity index (χ3n) is 3.93. The maximum Gasteiger partial charge on any atom is 0.340 e.